The molecule has 2 N–H and O–H groups in total. The minimum Gasteiger partial charge on any atom is -0.756 e. The van der Waals surface area contributed by atoms with Gasteiger partial charge in [-0.1, -0.05) is 244 Å². The van der Waals surface area contributed by atoms with E-state index >= 15 is 0 Å². The number of quaternary nitrogens is 1. The van der Waals surface area contributed by atoms with Gasteiger partial charge in [-0.2, -0.15) is 0 Å². The summed E-state index contributed by atoms with van der Waals surface area (Å²) in [5.74, 6) is -0.163. The van der Waals surface area contributed by atoms with Crippen LogP contribution in [0.2, 0.25) is 0 Å². The predicted octanol–water partition coefficient (Wildman–Crippen LogP) is 15.8. The largest absolute Gasteiger partial charge is 0.756 e. The number of likely N-dealkylation sites (N-methyl/N-ethyl adjacent to an activating group) is 1. The molecule has 3 atom stereocenters. The van der Waals surface area contributed by atoms with Crippen molar-refractivity contribution in [3.8, 4) is 0 Å². The number of phosphoric ester groups is 1. The summed E-state index contributed by atoms with van der Waals surface area (Å²) in [4.78, 5) is 25.4. The number of unbranched alkanes of at least 4 members (excludes halogenated alkanes) is 34. The van der Waals surface area contributed by atoms with E-state index in [1.165, 1.54) is 199 Å². The van der Waals surface area contributed by atoms with Gasteiger partial charge in [0.15, 0.2) is 0 Å². The molecule has 0 heterocycles. The van der Waals surface area contributed by atoms with E-state index in [2.05, 4.69) is 43.5 Å². The summed E-state index contributed by atoms with van der Waals surface area (Å²) < 4.78 is 23.4. The Labute approximate surface area is 398 Å². The summed E-state index contributed by atoms with van der Waals surface area (Å²) in [6, 6.07) is -0.798. The zero-order chi connectivity index (χ0) is 47.1. The molecule has 0 aromatic carbocycles. The molecule has 0 aliphatic carbocycles. The van der Waals surface area contributed by atoms with Gasteiger partial charge in [-0.05, 0) is 44.9 Å². The second-order valence-corrected chi connectivity index (χ2v) is 21.7. The first-order valence-electron chi connectivity index (χ1n) is 27.7. The van der Waals surface area contributed by atoms with Crippen molar-refractivity contribution in [3.05, 3.63) is 24.3 Å². The number of nitrogens with one attached hydrogen (secondary N) is 1. The number of carbonyl (C=O) groups is 1. The van der Waals surface area contributed by atoms with Gasteiger partial charge < -0.3 is 28.8 Å². The van der Waals surface area contributed by atoms with E-state index < -0.39 is 20.0 Å². The maximum atomic E-state index is 12.9. The van der Waals surface area contributed by atoms with E-state index in [0.29, 0.717) is 23.9 Å². The van der Waals surface area contributed by atoms with E-state index in [9.17, 15) is 19.4 Å². The standard InChI is InChI=1S/C55H109N2O6P/c1-6-8-10-12-14-16-18-20-21-22-23-24-25-26-27-28-29-30-31-32-33-34-35-37-39-41-43-45-47-49-55(59)56-53(52-63-64(60,61)62-51-50-57(3,4)5)54(58)48-46-44-42-40-38-36-19-17-15-13-11-9-7-2/h23-24,26-27,53-54,58H,6-22,25,28-52H2,1-5H3,(H-,56,59,60,61)/b24-23-,27-26-. The average Bonchev–Trinajstić information content (AvgIpc) is 3.25. The third-order valence-corrected chi connectivity index (χ3v) is 13.7. The topological polar surface area (TPSA) is 108 Å². The lowest BCUT2D eigenvalue weighted by atomic mass is 10.0. The van der Waals surface area contributed by atoms with Crippen molar-refractivity contribution in [2.24, 2.45) is 0 Å². The molecule has 0 fully saturated rings. The maximum absolute atomic E-state index is 12.9. The monoisotopic (exact) mass is 925 g/mol. The molecule has 0 radical (unpaired) electrons. The van der Waals surface area contributed by atoms with Crippen molar-refractivity contribution in [2.45, 2.75) is 283 Å². The van der Waals surface area contributed by atoms with Crippen LogP contribution in [0, 0.1) is 0 Å². The van der Waals surface area contributed by atoms with E-state index in [1.54, 1.807) is 0 Å². The van der Waals surface area contributed by atoms with Crippen LogP contribution >= 0.6 is 7.82 Å². The number of phosphoric acid groups is 1. The summed E-state index contributed by atoms with van der Waals surface area (Å²) >= 11 is 0. The molecule has 0 aromatic rings. The first-order valence-corrected chi connectivity index (χ1v) is 29.1. The van der Waals surface area contributed by atoms with Gasteiger partial charge in [-0.15, -0.1) is 0 Å². The Kier molecular flexibility index (Phi) is 46.3. The highest BCUT2D eigenvalue weighted by molar-refractivity contribution is 7.45. The third-order valence-electron chi connectivity index (χ3n) is 12.7. The summed E-state index contributed by atoms with van der Waals surface area (Å²) in [6.45, 7) is 4.74. The van der Waals surface area contributed by atoms with Gasteiger partial charge in [0.2, 0.25) is 5.91 Å². The van der Waals surface area contributed by atoms with Crippen LogP contribution in [0.3, 0.4) is 0 Å². The molecule has 0 aliphatic rings. The fraction of sp³-hybridized carbons (Fsp3) is 0.909. The number of allylic oxidation sites excluding steroid dienone is 4. The molecule has 1 amide bonds. The summed E-state index contributed by atoms with van der Waals surface area (Å²) in [7, 11) is 1.31. The number of carbonyl (C=O) groups excluding carboxylic acids is 1. The maximum Gasteiger partial charge on any atom is 0.268 e. The first-order chi connectivity index (χ1) is 31.0. The Morgan fingerprint density at radius 2 is 0.906 bits per heavy atom. The molecular weight excluding hydrogens is 816 g/mol. The second-order valence-electron chi connectivity index (χ2n) is 20.3. The minimum absolute atomic E-state index is 0.0134. The number of amides is 1. The van der Waals surface area contributed by atoms with Crippen LogP contribution in [0.5, 0.6) is 0 Å². The number of hydrogen-bond donors (Lipinski definition) is 2. The number of aliphatic hydroxyl groups is 1. The summed E-state index contributed by atoms with van der Waals surface area (Å²) in [5.41, 5.74) is 0. The molecule has 0 rings (SSSR count). The van der Waals surface area contributed by atoms with Crippen LogP contribution in [-0.2, 0) is 18.4 Å². The van der Waals surface area contributed by atoms with Gasteiger partial charge in [0, 0.05) is 6.42 Å². The Hall–Kier alpha value is -1.02. The van der Waals surface area contributed by atoms with Gasteiger partial charge in [-0.25, -0.2) is 0 Å². The zero-order valence-electron chi connectivity index (χ0n) is 43.3. The molecule has 0 bridgehead atoms. The number of aliphatic hydroxyl groups excluding tert-OH is 1. The van der Waals surface area contributed by atoms with Crippen LogP contribution in [0.4, 0.5) is 0 Å². The van der Waals surface area contributed by atoms with Crippen LogP contribution in [0.1, 0.15) is 271 Å². The fourth-order valence-corrected chi connectivity index (χ4v) is 9.03. The molecule has 0 aliphatic heterocycles. The molecule has 0 saturated carbocycles. The van der Waals surface area contributed by atoms with Gasteiger partial charge in [0.05, 0.1) is 39.9 Å². The minimum atomic E-state index is -4.57. The van der Waals surface area contributed by atoms with Crippen molar-refractivity contribution < 1.29 is 32.9 Å². The van der Waals surface area contributed by atoms with Gasteiger partial charge >= 0.3 is 0 Å². The Morgan fingerprint density at radius 3 is 1.30 bits per heavy atom. The lowest BCUT2D eigenvalue weighted by molar-refractivity contribution is -0.870. The highest BCUT2D eigenvalue weighted by Gasteiger charge is 2.24. The van der Waals surface area contributed by atoms with Crippen molar-refractivity contribution in [3.63, 3.8) is 0 Å². The van der Waals surface area contributed by atoms with Crippen LogP contribution < -0.4 is 10.2 Å². The van der Waals surface area contributed by atoms with Gasteiger partial charge in [0.1, 0.15) is 13.2 Å². The quantitative estimate of drug-likeness (QED) is 0.0272. The fourth-order valence-electron chi connectivity index (χ4n) is 8.31. The van der Waals surface area contributed by atoms with Crippen molar-refractivity contribution >= 4 is 13.7 Å². The van der Waals surface area contributed by atoms with Crippen LogP contribution in [-0.4, -0.2) is 68.5 Å². The molecule has 3 unspecified atom stereocenters. The highest BCUT2D eigenvalue weighted by Crippen LogP contribution is 2.38. The van der Waals surface area contributed by atoms with E-state index in [0.717, 1.165) is 44.9 Å². The molecule has 0 saturated heterocycles. The van der Waals surface area contributed by atoms with E-state index in [-0.39, 0.29) is 19.1 Å². The number of rotatable bonds is 51. The number of nitrogens with zero attached hydrogens (tertiary/aromatic N) is 1. The Bertz CT molecular complexity index is 1090. The summed E-state index contributed by atoms with van der Waals surface area (Å²) in [5, 5.41) is 14.0. The van der Waals surface area contributed by atoms with Crippen LogP contribution in [0.15, 0.2) is 24.3 Å². The lowest BCUT2D eigenvalue weighted by Gasteiger charge is -2.30. The Balaban J connectivity index is 4.07. The van der Waals surface area contributed by atoms with Crippen molar-refractivity contribution in [1.82, 2.24) is 5.32 Å². The molecule has 0 aromatic heterocycles. The zero-order valence-corrected chi connectivity index (χ0v) is 44.1. The first kappa shape index (κ1) is 63.0. The van der Waals surface area contributed by atoms with Gasteiger partial charge in [-0.3, -0.25) is 9.36 Å². The summed E-state index contributed by atoms with van der Waals surface area (Å²) in [6.07, 6.45) is 57.8. The SMILES string of the molecule is CCCCCCCCCCC/C=C\C/C=C\CCCCCCCCCCCCCCCC(=O)NC(COP(=O)([O-])OCC[N+](C)(C)C)C(O)CCCCCCCCCCCCCCC. The predicted molar refractivity (Wildman–Crippen MR) is 275 cm³/mol. The Morgan fingerprint density at radius 1 is 0.547 bits per heavy atom. The van der Waals surface area contributed by atoms with Gasteiger partial charge in [0.25, 0.3) is 7.82 Å². The molecule has 8 nitrogen and oxygen atoms in total. The molecule has 0 spiro atoms. The average molecular weight is 925 g/mol. The van der Waals surface area contributed by atoms with Crippen LogP contribution in [0.25, 0.3) is 0 Å². The second kappa shape index (κ2) is 47.1. The highest BCUT2D eigenvalue weighted by atomic mass is 31.2. The van der Waals surface area contributed by atoms with Crippen molar-refractivity contribution in [2.75, 3.05) is 40.9 Å². The lowest BCUT2D eigenvalue weighted by Crippen LogP contribution is -2.46. The van der Waals surface area contributed by atoms with Crippen molar-refractivity contribution in [1.29, 1.82) is 0 Å². The normalized spacial score (nSPS) is 14.2. The molecule has 9 heteroatoms. The van der Waals surface area contributed by atoms with E-state index in [4.69, 9.17) is 9.05 Å². The molecular formula is C55H109N2O6P. The molecule has 380 valence electrons. The molecule has 64 heavy (non-hydrogen) atoms. The smallest absolute Gasteiger partial charge is 0.268 e. The number of hydrogen-bond acceptors (Lipinski definition) is 6. The van der Waals surface area contributed by atoms with E-state index in [1.807, 2.05) is 21.1 Å². The third kappa shape index (κ3) is 48.9.